The fraction of sp³-hybridized carbons (Fsp3) is 0.542. The molecule has 13 heteroatoms. The van der Waals surface area contributed by atoms with Crippen LogP contribution in [0, 0.1) is 0 Å². The minimum Gasteiger partial charge on any atom is -0.480 e. The van der Waals surface area contributed by atoms with E-state index >= 15 is 0 Å². The normalized spacial score (nSPS) is 18.2. The second-order valence-electron chi connectivity index (χ2n) is 9.12. The number of aliphatic carboxylic acids is 5. The van der Waals surface area contributed by atoms with Crippen molar-refractivity contribution in [1.29, 1.82) is 0 Å². The summed E-state index contributed by atoms with van der Waals surface area (Å²) < 4.78 is 0. The van der Waals surface area contributed by atoms with Crippen LogP contribution in [0.4, 0.5) is 0 Å². The van der Waals surface area contributed by atoms with Gasteiger partial charge in [-0.1, -0.05) is 36.8 Å². The highest BCUT2D eigenvalue weighted by molar-refractivity contribution is 5.73. The molecule has 1 aliphatic carbocycles. The molecule has 0 radical (unpaired) electrons. The van der Waals surface area contributed by atoms with Gasteiger partial charge in [-0.3, -0.25) is 38.7 Å². The molecule has 37 heavy (non-hydrogen) atoms. The molecule has 2 rings (SSSR count). The molecule has 0 bridgehead atoms. The molecule has 3 unspecified atom stereocenters. The molecule has 204 valence electrons. The third-order valence-corrected chi connectivity index (χ3v) is 6.35. The van der Waals surface area contributed by atoms with Crippen molar-refractivity contribution in [3.63, 3.8) is 0 Å². The average Bonchev–Trinajstić information content (AvgIpc) is 3.26. The molecule has 1 aromatic rings. The Morgan fingerprint density at radius 1 is 0.676 bits per heavy atom. The highest BCUT2D eigenvalue weighted by Gasteiger charge is 2.39. The van der Waals surface area contributed by atoms with Crippen LogP contribution in [0.25, 0.3) is 0 Å². The van der Waals surface area contributed by atoms with Crippen LogP contribution in [0.15, 0.2) is 30.3 Å². The van der Waals surface area contributed by atoms with Crippen molar-refractivity contribution in [2.45, 2.75) is 43.8 Å². The first-order valence-electron chi connectivity index (χ1n) is 11.8. The van der Waals surface area contributed by atoms with Crippen molar-refractivity contribution in [1.82, 2.24) is 14.7 Å². The van der Waals surface area contributed by atoms with E-state index in [1.807, 2.05) is 0 Å². The summed E-state index contributed by atoms with van der Waals surface area (Å²) in [5.41, 5.74) is 0.796. The van der Waals surface area contributed by atoms with E-state index in [1.165, 1.54) is 9.80 Å². The summed E-state index contributed by atoms with van der Waals surface area (Å²) in [4.78, 5) is 61.9. The van der Waals surface area contributed by atoms with Crippen LogP contribution < -0.4 is 0 Å². The molecule has 1 saturated carbocycles. The van der Waals surface area contributed by atoms with Gasteiger partial charge in [0, 0.05) is 24.7 Å². The number of carbonyl (C=O) groups is 5. The smallest absolute Gasteiger partial charge is 0.317 e. The zero-order valence-corrected chi connectivity index (χ0v) is 20.3. The van der Waals surface area contributed by atoms with Gasteiger partial charge in [-0.25, -0.2) is 0 Å². The second kappa shape index (κ2) is 14.3. The summed E-state index contributed by atoms with van der Waals surface area (Å²) in [6.45, 7) is -2.71. The SMILES string of the molecule is O=C(O)CN(CC(=O)O)C(Cc1ccccc1)CN(CC(=O)O)C1CCCC1N(CC(=O)O)CC(=O)O. The van der Waals surface area contributed by atoms with Crippen LogP contribution in [0.5, 0.6) is 0 Å². The highest BCUT2D eigenvalue weighted by Crippen LogP contribution is 2.29. The fourth-order valence-corrected chi connectivity index (χ4v) is 5.03. The molecule has 5 N–H and O–H groups in total. The molecule has 0 saturated heterocycles. The minimum atomic E-state index is -1.24. The topological polar surface area (TPSA) is 196 Å². The van der Waals surface area contributed by atoms with E-state index in [0.717, 1.165) is 5.56 Å². The van der Waals surface area contributed by atoms with Crippen LogP contribution in [0.1, 0.15) is 24.8 Å². The summed E-state index contributed by atoms with van der Waals surface area (Å²) in [5, 5.41) is 47.1. The maximum Gasteiger partial charge on any atom is 0.317 e. The van der Waals surface area contributed by atoms with Crippen LogP contribution >= 0.6 is 0 Å². The molecular formula is C24H33N3O10. The second-order valence-corrected chi connectivity index (χ2v) is 9.12. The van der Waals surface area contributed by atoms with Crippen molar-refractivity contribution >= 4 is 29.8 Å². The van der Waals surface area contributed by atoms with E-state index in [1.54, 1.807) is 35.2 Å². The summed E-state index contributed by atoms with van der Waals surface area (Å²) in [7, 11) is 0. The Labute approximate surface area is 213 Å². The maximum atomic E-state index is 11.8. The Kier molecular flexibility index (Phi) is 11.4. The number of carboxylic acids is 5. The Bertz CT molecular complexity index is 925. The van der Waals surface area contributed by atoms with Crippen molar-refractivity contribution in [3.8, 4) is 0 Å². The lowest BCUT2D eigenvalue weighted by molar-refractivity contribution is -0.145. The number of benzene rings is 1. The van der Waals surface area contributed by atoms with Gasteiger partial charge in [-0.05, 0) is 24.8 Å². The Balaban J connectivity index is 2.42. The van der Waals surface area contributed by atoms with E-state index in [0.29, 0.717) is 19.3 Å². The maximum absolute atomic E-state index is 11.8. The van der Waals surface area contributed by atoms with Gasteiger partial charge in [-0.15, -0.1) is 0 Å². The molecule has 0 spiro atoms. The summed E-state index contributed by atoms with van der Waals surface area (Å²) in [5.74, 6) is -6.08. The molecule has 1 fully saturated rings. The number of hydrogen-bond acceptors (Lipinski definition) is 8. The van der Waals surface area contributed by atoms with E-state index in [-0.39, 0.29) is 13.0 Å². The van der Waals surface area contributed by atoms with Gasteiger partial charge in [-0.2, -0.15) is 0 Å². The number of carboxylic acid groups (broad SMARTS) is 5. The van der Waals surface area contributed by atoms with Crippen molar-refractivity contribution < 1.29 is 49.5 Å². The monoisotopic (exact) mass is 523 g/mol. The van der Waals surface area contributed by atoms with Crippen LogP contribution in [-0.2, 0) is 30.4 Å². The molecule has 1 aliphatic rings. The summed E-state index contributed by atoms with van der Waals surface area (Å²) in [6.07, 6.45) is 1.78. The predicted octanol–water partition coefficient (Wildman–Crippen LogP) is -0.152. The van der Waals surface area contributed by atoms with E-state index in [9.17, 15) is 49.5 Å². The van der Waals surface area contributed by atoms with Crippen LogP contribution in [0.3, 0.4) is 0 Å². The van der Waals surface area contributed by atoms with Gasteiger partial charge in [0.05, 0.1) is 32.7 Å². The van der Waals surface area contributed by atoms with Crippen LogP contribution in [0.2, 0.25) is 0 Å². The van der Waals surface area contributed by atoms with Crippen molar-refractivity contribution in [2.75, 3.05) is 39.3 Å². The molecule has 3 atom stereocenters. The number of nitrogens with zero attached hydrogens (tertiary/aromatic N) is 3. The predicted molar refractivity (Wildman–Crippen MR) is 128 cm³/mol. The zero-order valence-electron chi connectivity index (χ0n) is 20.3. The molecule has 0 amide bonds. The lowest BCUT2D eigenvalue weighted by Gasteiger charge is -2.40. The third kappa shape index (κ3) is 10.1. The van der Waals surface area contributed by atoms with E-state index < -0.39 is 80.7 Å². The van der Waals surface area contributed by atoms with E-state index in [2.05, 4.69) is 0 Å². The first kappa shape index (κ1) is 29.7. The summed E-state index contributed by atoms with van der Waals surface area (Å²) in [6, 6.07) is 7.17. The molecular weight excluding hydrogens is 490 g/mol. The van der Waals surface area contributed by atoms with Gasteiger partial charge in [0.1, 0.15) is 0 Å². The Morgan fingerprint density at radius 3 is 1.57 bits per heavy atom. The third-order valence-electron chi connectivity index (χ3n) is 6.35. The molecule has 13 nitrogen and oxygen atoms in total. The molecule has 1 aromatic carbocycles. The largest absolute Gasteiger partial charge is 0.480 e. The zero-order chi connectivity index (χ0) is 27.5. The minimum absolute atomic E-state index is 0.0170. The van der Waals surface area contributed by atoms with Gasteiger partial charge in [0.15, 0.2) is 0 Å². The molecule has 0 aliphatic heterocycles. The lowest BCUT2D eigenvalue weighted by atomic mass is 10.0. The lowest BCUT2D eigenvalue weighted by Crippen LogP contribution is -2.57. The van der Waals surface area contributed by atoms with Gasteiger partial charge in [0.2, 0.25) is 0 Å². The Hall–Kier alpha value is -3.55. The summed E-state index contributed by atoms with van der Waals surface area (Å²) >= 11 is 0. The van der Waals surface area contributed by atoms with Crippen molar-refractivity contribution in [2.24, 2.45) is 0 Å². The van der Waals surface area contributed by atoms with E-state index in [4.69, 9.17) is 0 Å². The van der Waals surface area contributed by atoms with Crippen molar-refractivity contribution in [3.05, 3.63) is 35.9 Å². The first-order valence-corrected chi connectivity index (χ1v) is 11.8. The standard InChI is InChI=1S/C24H33N3O10/c28-20(29)11-25(12-21(30)31)17(9-16-5-2-1-3-6-16)10-26(13-22(32)33)18-7-4-8-19(18)27(14-23(34)35)15-24(36)37/h1-3,5-6,17-19H,4,7-15H2,(H,28,29)(H,30,31)(H,32,33)(H,34,35)(H,36,37). The molecule has 0 heterocycles. The fourth-order valence-electron chi connectivity index (χ4n) is 5.03. The van der Waals surface area contributed by atoms with Crippen LogP contribution in [-0.4, -0.2) is 127 Å². The number of hydrogen-bond donors (Lipinski definition) is 5. The van der Waals surface area contributed by atoms with Gasteiger partial charge >= 0.3 is 29.8 Å². The average molecular weight is 524 g/mol. The Morgan fingerprint density at radius 2 is 1.11 bits per heavy atom. The highest BCUT2D eigenvalue weighted by atomic mass is 16.4. The first-order chi connectivity index (χ1) is 17.5. The van der Waals surface area contributed by atoms with Gasteiger partial charge in [0.25, 0.3) is 0 Å². The number of rotatable bonds is 17. The van der Waals surface area contributed by atoms with Gasteiger partial charge < -0.3 is 25.5 Å². The quantitative estimate of drug-likeness (QED) is 0.181. The molecule has 0 aromatic heterocycles.